The van der Waals surface area contributed by atoms with E-state index in [1.807, 2.05) is 0 Å². The van der Waals surface area contributed by atoms with Crippen LogP contribution in [0.3, 0.4) is 0 Å². The molecule has 0 amide bonds. The number of nitrogens with one attached hydrogen (secondary N) is 1. The zero-order valence-corrected chi connectivity index (χ0v) is 11.8. The van der Waals surface area contributed by atoms with E-state index in [1.165, 1.54) is 13.2 Å². The number of nitro groups is 1. The van der Waals surface area contributed by atoms with E-state index in [4.69, 9.17) is 14.2 Å². The highest BCUT2D eigenvalue weighted by Gasteiger charge is 2.14. The molecule has 7 heteroatoms. The molecule has 0 fully saturated rings. The van der Waals surface area contributed by atoms with E-state index >= 15 is 0 Å². The van der Waals surface area contributed by atoms with Crippen molar-refractivity contribution in [2.45, 2.75) is 6.42 Å². The van der Waals surface area contributed by atoms with Gasteiger partial charge in [-0.15, -0.1) is 0 Å². The molecule has 7 nitrogen and oxygen atoms in total. The van der Waals surface area contributed by atoms with Gasteiger partial charge < -0.3 is 19.5 Å². The first kappa shape index (κ1) is 16.2. The topological polar surface area (TPSA) is 82.9 Å². The third kappa shape index (κ3) is 5.41. The Morgan fingerprint density at radius 3 is 2.70 bits per heavy atom. The molecular formula is C13H20N2O5. The van der Waals surface area contributed by atoms with Gasteiger partial charge in [-0.05, 0) is 12.5 Å². The second kappa shape index (κ2) is 9.11. The van der Waals surface area contributed by atoms with Crippen LogP contribution in [-0.4, -0.2) is 45.5 Å². The van der Waals surface area contributed by atoms with Gasteiger partial charge in [0.25, 0.3) is 0 Å². The van der Waals surface area contributed by atoms with Crippen LogP contribution in [0.4, 0.5) is 11.4 Å². The number of benzene rings is 1. The fourth-order valence-corrected chi connectivity index (χ4v) is 1.59. The van der Waals surface area contributed by atoms with Crippen LogP contribution < -0.4 is 10.1 Å². The second-order valence-electron chi connectivity index (χ2n) is 4.03. The van der Waals surface area contributed by atoms with Gasteiger partial charge in [-0.25, -0.2) is 0 Å². The molecule has 0 aliphatic carbocycles. The Morgan fingerprint density at radius 1 is 1.25 bits per heavy atom. The van der Waals surface area contributed by atoms with Crippen molar-refractivity contribution in [3.63, 3.8) is 0 Å². The highest BCUT2D eigenvalue weighted by atomic mass is 16.6. The number of hydrogen-bond donors (Lipinski definition) is 1. The van der Waals surface area contributed by atoms with Crippen LogP contribution in [0.2, 0.25) is 0 Å². The van der Waals surface area contributed by atoms with Crippen LogP contribution >= 0.6 is 0 Å². The Kier molecular flexibility index (Phi) is 7.38. The fraction of sp³-hybridized carbons (Fsp3) is 0.538. The van der Waals surface area contributed by atoms with E-state index in [9.17, 15) is 10.1 Å². The molecule has 0 atom stereocenters. The van der Waals surface area contributed by atoms with E-state index in [2.05, 4.69) is 5.32 Å². The lowest BCUT2D eigenvalue weighted by molar-refractivity contribution is -0.385. The number of rotatable bonds is 10. The Morgan fingerprint density at radius 2 is 2.05 bits per heavy atom. The summed E-state index contributed by atoms with van der Waals surface area (Å²) in [5.74, 6) is 0.247. The summed E-state index contributed by atoms with van der Waals surface area (Å²) in [5.41, 5.74) is 0.741. The van der Waals surface area contributed by atoms with Crippen molar-refractivity contribution >= 4 is 11.4 Å². The molecule has 0 aliphatic rings. The molecule has 1 rings (SSSR count). The Hall–Kier alpha value is -1.86. The molecule has 0 saturated heterocycles. The third-order valence-electron chi connectivity index (χ3n) is 2.60. The van der Waals surface area contributed by atoms with E-state index < -0.39 is 4.92 Å². The minimum atomic E-state index is -0.466. The van der Waals surface area contributed by atoms with E-state index in [0.29, 0.717) is 26.4 Å². The summed E-state index contributed by atoms with van der Waals surface area (Å²) >= 11 is 0. The summed E-state index contributed by atoms with van der Waals surface area (Å²) in [7, 11) is 3.04. The fourth-order valence-electron chi connectivity index (χ4n) is 1.59. The summed E-state index contributed by atoms with van der Waals surface area (Å²) in [6, 6.07) is 4.70. The largest absolute Gasteiger partial charge is 0.490 e. The molecule has 1 N–H and O–H groups in total. The lowest BCUT2D eigenvalue weighted by atomic mass is 10.2. The average Bonchev–Trinajstić information content (AvgIpc) is 2.45. The van der Waals surface area contributed by atoms with Gasteiger partial charge in [-0.1, -0.05) is 0 Å². The Balaban J connectivity index is 2.35. The lowest BCUT2D eigenvalue weighted by Crippen LogP contribution is -2.08. The predicted molar refractivity (Wildman–Crippen MR) is 75.5 cm³/mol. The molecule has 0 radical (unpaired) electrons. The summed E-state index contributed by atoms with van der Waals surface area (Å²) in [6.45, 7) is 2.53. The van der Waals surface area contributed by atoms with Crippen molar-refractivity contribution in [3.05, 3.63) is 28.3 Å². The van der Waals surface area contributed by atoms with Crippen LogP contribution in [0.15, 0.2) is 18.2 Å². The predicted octanol–water partition coefficient (Wildman–Crippen LogP) is 2.07. The normalized spacial score (nSPS) is 10.3. The van der Waals surface area contributed by atoms with Gasteiger partial charge in [0.05, 0.1) is 25.2 Å². The number of ether oxygens (including phenoxy) is 3. The second-order valence-corrected chi connectivity index (χ2v) is 4.03. The number of anilines is 1. The molecule has 112 valence electrons. The van der Waals surface area contributed by atoms with Gasteiger partial charge in [0, 0.05) is 38.1 Å². The van der Waals surface area contributed by atoms with Crippen LogP contribution in [-0.2, 0) is 9.47 Å². The summed E-state index contributed by atoms with van der Waals surface area (Å²) in [4.78, 5) is 10.3. The van der Waals surface area contributed by atoms with E-state index in [-0.39, 0.29) is 11.4 Å². The smallest absolute Gasteiger partial charge is 0.311 e. The molecular weight excluding hydrogens is 264 g/mol. The maximum absolute atomic E-state index is 10.8. The van der Waals surface area contributed by atoms with Gasteiger partial charge in [0.2, 0.25) is 0 Å². The lowest BCUT2D eigenvalue weighted by Gasteiger charge is -2.08. The Bertz CT molecular complexity index is 425. The first-order valence-corrected chi connectivity index (χ1v) is 6.32. The number of methoxy groups -OCH3 is 2. The summed E-state index contributed by atoms with van der Waals surface area (Å²) in [6.07, 6.45) is 0.836. The molecule has 0 bridgehead atoms. The third-order valence-corrected chi connectivity index (χ3v) is 2.60. The van der Waals surface area contributed by atoms with Gasteiger partial charge in [-0.2, -0.15) is 0 Å². The first-order valence-electron chi connectivity index (χ1n) is 6.32. The van der Waals surface area contributed by atoms with Crippen LogP contribution in [0, 0.1) is 10.1 Å². The molecule has 0 saturated carbocycles. The monoisotopic (exact) mass is 284 g/mol. The average molecular weight is 284 g/mol. The Labute approximate surface area is 118 Å². The molecule has 0 aliphatic heterocycles. The minimum absolute atomic E-state index is 0.0408. The van der Waals surface area contributed by atoms with Crippen molar-refractivity contribution in [2.75, 3.05) is 45.9 Å². The van der Waals surface area contributed by atoms with Crippen molar-refractivity contribution in [2.24, 2.45) is 0 Å². The van der Waals surface area contributed by atoms with Gasteiger partial charge in [-0.3, -0.25) is 10.1 Å². The standard InChI is InChI=1S/C13H20N2O5/c1-18-8-9-20-7-3-6-14-11-4-5-12(15(16)17)13(10-11)19-2/h4-5,10,14H,3,6-9H2,1-2H3. The molecule has 20 heavy (non-hydrogen) atoms. The van der Waals surface area contributed by atoms with E-state index in [1.54, 1.807) is 19.2 Å². The van der Waals surface area contributed by atoms with E-state index in [0.717, 1.165) is 12.1 Å². The van der Waals surface area contributed by atoms with Crippen LogP contribution in [0.1, 0.15) is 6.42 Å². The van der Waals surface area contributed by atoms with Gasteiger partial charge in [0.1, 0.15) is 0 Å². The molecule has 1 aromatic carbocycles. The SMILES string of the molecule is COCCOCCCNc1ccc([N+](=O)[O-])c(OC)c1. The van der Waals surface area contributed by atoms with Crippen molar-refractivity contribution in [3.8, 4) is 5.75 Å². The molecule has 0 spiro atoms. The van der Waals surface area contributed by atoms with Gasteiger partial charge >= 0.3 is 5.69 Å². The van der Waals surface area contributed by atoms with Crippen molar-refractivity contribution in [1.29, 1.82) is 0 Å². The van der Waals surface area contributed by atoms with Crippen molar-refractivity contribution < 1.29 is 19.1 Å². The molecule has 0 heterocycles. The minimum Gasteiger partial charge on any atom is -0.490 e. The number of nitrogens with zero attached hydrogens (tertiary/aromatic N) is 1. The number of nitro benzene ring substituents is 1. The quantitative estimate of drug-likeness (QED) is 0.402. The molecule has 0 aromatic heterocycles. The van der Waals surface area contributed by atoms with Gasteiger partial charge in [0.15, 0.2) is 5.75 Å². The van der Waals surface area contributed by atoms with Crippen molar-refractivity contribution in [1.82, 2.24) is 0 Å². The zero-order chi connectivity index (χ0) is 14.8. The summed E-state index contributed by atoms with van der Waals surface area (Å²) < 4.78 is 15.2. The summed E-state index contributed by atoms with van der Waals surface area (Å²) in [5, 5.41) is 13.9. The number of hydrogen-bond acceptors (Lipinski definition) is 6. The highest BCUT2D eigenvalue weighted by Crippen LogP contribution is 2.29. The highest BCUT2D eigenvalue weighted by molar-refractivity contribution is 5.57. The zero-order valence-electron chi connectivity index (χ0n) is 11.8. The molecule has 1 aromatic rings. The maximum atomic E-state index is 10.8. The van der Waals surface area contributed by atoms with Crippen LogP contribution in [0.25, 0.3) is 0 Å². The van der Waals surface area contributed by atoms with Crippen LogP contribution in [0.5, 0.6) is 5.75 Å². The molecule has 0 unspecified atom stereocenters. The first-order chi connectivity index (χ1) is 9.69. The maximum Gasteiger partial charge on any atom is 0.311 e.